The third kappa shape index (κ3) is 2.67. The van der Waals surface area contributed by atoms with Crippen LogP contribution in [0.3, 0.4) is 0 Å². The van der Waals surface area contributed by atoms with Crippen LogP contribution in [-0.4, -0.2) is 26.5 Å². The number of ether oxygens (including phenoxy) is 2. The van der Waals surface area contributed by atoms with Crippen LogP contribution in [0, 0.1) is 0 Å². The monoisotopic (exact) mass is 335 g/mol. The van der Waals surface area contributed by atoms with Crippen LogP contribution in [0.15, 0.2) is 35.3 Å². The minimum atomic E-state index is 0.523. The highest BCUT2D eigenvalue weighted by atomic mass is 35.5. The van der Waals surface area contributed by atoms with Crippen molar-refractivity contribution in [3.8, 4) is 11.5 Å². The van der Waals surface area contributed by atoms with E-state index in [1.807, 2.05) is 24.3 Å². The van der Waals surface area contributed by atoms with Crippen molar-refractivity contribution in [1.82, 2.24) is 0 Å². The number of benzene rings is 2. The molecule has 1 aliphatic rings. The highest BCUT2D eigenvalue weighted by molar-refractivity contribution is 6.42. The molecular weight excluding hydrogens is 321 g/mol. The van der Waals surface area contributed by atoms with E-state index in [-0.39, 0.29) is 0 Å². The van der Waals surface area contributed by atoms with Gasteiger partial charge >= 0.3 is 0 Å². The fraction of sp³-hybridized carbons (Fsp3) is 0.235. The van der Waals surface area contributed by atoms with Gasteiger partial charge in [-0.15, -0.1) is 0 Å². The molecule has 0 amide bonds. The minimum absolute atomic E-state index is 0.523. The molecule has 0 radical (unpaired) electrons. The molecule has 22 heavy (non-hydrogen) atoms. The lowest BCUT2D eigenvalue weighted by Crippen LogP contribution is -2.14. The summed E-state index contributed by atoms with van der Waals surface area (Å²) in [5.74, 6) is 1.42. The summed E-state index contributed by atoms with van der Waals surface area (Å²) >= 11 is 12.1. The van der Waals surface area contributed by atoms with Crippen LogP contribution in [0.4, 0.5) is 0 Å². The first kappa shape index (κ1) is 15.2. The van der Waals surface area contributed by atoms with Gasteiger partial charge in [0.1, 0.15) is 0 Å². The number of hydrogen-bond donors (Lipinski definition) is 0. The fourth-order valence-corrected chi connectivity index (χ4v) is 2.91. The standard InChI is InChI=1S/C17H15Cl2NO2/c1-21-15-8-10-5-6-20-17(12(10)9-16(15)22-2)11-3-4-13(18)14(19)7-11/h3-4,7-9H,5-6H2,1-2H3. The molecule has 1 heterocycles. The molecule has 0 spiro atoms. The SMILES string of the molecule is COc1cc2c(cc1OC)C(c1ccc(Cl)c(Cl)c1)=NCC2. The number of methoxy groups -OCH3 is 2. The molecule has 2 aromatic carbocycles. The van der Waals surface area contributed by atoms with Crippen LogP contribution in [0.2, 0.25) is 10.0 Å². The van der Waals surface area contributed by atoms with Gasteiger partial charge in [-0.25, -0.2) is 0 Å². The quantitative estimate of drug-likeness (QED) is 0.832. The maximum Gasteiger partial charge on any atom is 0.161 e. The van der Waals surface area contributed by atoms with E-state index in [0.29, 0.717) is 15.8 Å². The Balaban J connectivity index is 2.13. The number of halogens is 2. The second kappa shape index (κ2) is 6.19. The average molecular weight is 336 g/mol. The molecule has 0 atom stereocenters. The highest BCUT2D eigenvalue weighted by Gasteiger charge is 2.20. The largest absolute Gasteiger partial charge is 0.493 e. The molecule has 0 bridgehead atoms. The zero-order valence-corrected chi connectivity index (χ0v) is 13.8. The molecule has 0 saturated carbocycles. The molecule has 0 N–H and O–H groups in total. The second-order valence-corrected chi connectivity index (χ2v) is 5.79. The zero-order chi connectivity index (χ0) is 15.7. The van der Waals surface area contributed by atoms with Crippen molar-refractivity contribution in [3.05, 3.63) is 57.1 Å². The first-order valence-corrected chi connectivity index (χ1v) is 7.64. The Hall–Kier alpha value is -1.71. The molecule has 2 aromatic rings. The predicted molar refractivity (Wildman–Crippen MR) is 90.2 cm³/mol. The Bertz CT molecular complexity index is 757. The normalized spacial score (nSPS) is 13.4. The topological polar surface area (TPSA) is 30.8 Å². The molecule has 3 rings (SSSR count). The second-order valence-electron chi connectivity index (χ2n) is 4.97. The van der Waals surface area contributed by atoms with Gasteiger partial charge in [0.25, 0.3) is 0 Å². The molecule has 1 aliphatic heterocycles. The van der Waals surface area contributed by atoms with E-state index >= 15 is 0 Å². The third-order valence-corrected chi connectivity index (χ3v) is 4.45. The Kier molecular flexibility index (Phi) is 4.27. The molecule has 5 heteroatoms. The lowest BCUT2D eigenvalue weighted by molar-refractivity contribution is 0.354. The van der Waals surface area contributed by atoms with Crippen molar-refractivity contribution in [2.24, 2.45) is 4.99 Å². The molecule has 0 saturated heterocycles. The van der Waals surface area contributed by atoms with Crippen molar-refractivity contribution in [1.29, 1.82) is 0 Å². The fourth-order valence-electron chi connectivity index (χ4n) is 2.61. The smallest absolute Gasteiger partial charge is 0.161 e. The maximum atomic E-state index is 6.13. The van der Waals surface area contributed by atoms with Gasteiger partial charge in [0, 0.05) is 17.7 Å². The van der Waals surface area contributed by atoms with Gasteiger partial charge in [-0.1, -0.05) is 29.3 Å². The van der Waals surface area contributed by atoms with Gasteiger partial charge in [-0.2, -0.15) is 0 Å². The molecule has 114 valence electrons. The number of hydrogen-bond acceptors (Lipinski definition) is 3. The van der Waals surface area contributed by atoms with E-state index in [9.17, 15) is 0 Å². The van der Waals surface area contributed by atoms with E-state index in [4.69, 9.17) is 32.7 Å². The van der Waals surface area contributed by atoms with Crippen molar-refractivity contribution in [2.45, 2.75) is 6.42 Å². The van der Waals surface area contributed by atoms with E-state index in [2.05, 4.69) is 4.99 Å². The Morgan fingerprint density at radius 3 is 2.36 bits per heavy atom. The van der Waals surface area contributed by atoms with Crippen molar-refractivity contribution in [3.63, 3.8) is 0 Å². The lowest BCUT2D eigenvalue weighted by atomic mass is 9.93. The van der Waals surface area contributed by atoms with Crippen molar-refractivity contribution >= 4 is 28.9 Å². The molecule has 3 nitrogen and oxygen atoms in total. The van der Waals surface area contributed by atoms with E-state index in [1.54, 1.807) is 20.3 Å². The Morgan fingerprint density at radius 1 is 0.955 bits per heavy atom. The summed E-state index contributed by atoms with van der Waals surface area (Å²) in [5.41, 5.74) is 4.08. The van der Waals surface area contributed by atoms with Gasteiger partial charge < -0.3 is 9.47 Å². The number of nitrogens with zero attached hydrogens (tertiary/aromatic N) is 1. The van der Waals surface area contributed by atoms with Gasteiger partial charge in [-0.3, -0.25) is 4.99 Å². The highest BCUT2D eigenvalue weighted by Crippen LogP contribution is 2.34. The summed E-state index contributed by atoms with van der Waals surface area (Å²) < 4.78 is 10.8. The van der Waals surface area contributed by atoms with Crippen molar-refractivity contribution < 1.29 is 9.47 Å². The molecule has 0 unspecified atom stereocenters. The van der Waals surface area contributed by atoms with E-state index in [1.165, 1.54) is 5.56 Å². The first-order chi connectivity index (χ1) is 10.6. The molecular formula is C17H15Cl2NO2. The Labute approximate surface area is 139 Å². The average Bonchev–Trinajstić information content (AvgIpc) is 2.55. The van der Waals surface area contributed by atoms with Gasteiger partial charge in [-0.05, 0) is 36.2 Å². The first-order valence-electron chi connectivity index (χ1n) is 6.89. The van der Waals surface area contributed by atoms with E-state index < -0.39 is 0 Å². The van der Waals surface area contributed by atoms with E-state index in [0.717, 1.165) is 35.6 Å². The molecule has 0 aliphatic carbocycles. The summed E-state index contributed by atoms with van der Waals surface area (Å²) in [6, 6.07) is 9.54. The van der Waals surface area contributed by atoms with Crippen molar-refractivity contribution in [2.75, 3.05) is 20.8 Å². The number of aliphatic imine (C=N–C) groups is 1. The van der Waals surface area contributed by atoms with Gasteiger partial charge in [0.15, 0.2) is 11.5 Å². The Morgan fingerprint density at radius 2 is 1.68 bits per heavy atom. The zero-order valence-electron chi connectivity index (χ0n) is 12.3. The molecule has 0 aromatic heterocycles. The summed E-state index contributed by atoms with van der Waals surface area (Å²) in [6.07, 6.45) is 0.876. The third-order valence-electron chi connectivity index (χ3n) is 3.71. The van der Waals surface area contributed by atoms with Gasteiger partial charge in [0.2, 0.25) is 0 Å². The summed E-state index contributed by atoms with van der Waals surface area (Å²) in [5, 5.41) is 1.06. The number of rotatable bonds is 3. The minimum Gasteiger partial charge on any atom is -0.493 e. The van der Waals surface area contributed by atoms with Crippen LogP contribution in [-0.2, 0) is 6.42 Å². The summed E-state index contributed by atoms with van der Waals surface area (Å²) in [6.45, 7) is 0.734. The maximum absolute atomic E-state index is 6.13. The van der Waals surface area contributed by atoms with Crippen LogP contribution >= 0.6 is 23.2 Å². The lowest BCUT2D eigenvalue weighted by Gasteiger charge is -2.20. The van der Waals surface area contributed by atoms with Crippen LogP contribution in [0.1, 0.15) is 16.7 Å². The molecule has 0 fully saturated rings. The van der Waals surface area contributed by atoms with Crippen LogP contribution < -0.4 is 9.47 Å². The van der Waals surface area contributed by atoms with Gasteiger partial charge in [0.05, 0.1) is 30.0 Å². The number of fused-ring (bicyclic) bond motifs is 1. The van der Waals surface area contributed by atoms with Crippen LogP contribution in [0.5, 0.6) is 11.5 Å². The summed E-state index contributed by atoms with van der Waals surface area (Å²) in [7, 11) is 3.27. The van der Waals surface area contributed by atoms with Crippen LogP contribution in [0.25, 0.3) is 0 Å². The summed E-state index contributed by atoms with van der Waals surface area (Å²) in [4.78, 5) is 4.66. The predicted octanol–water partition coefficient (Wildman–Crippen LogP) is 4.40.